The van der Waals surface area contributed by atoms with E-state index in [0.717, 1.165) is 0 Å². The van der Waals surface area contributed by atoms with Crippen molar-refractivity contribution < 1.29 is 131 Å². The van der Waals surface area contributed by atoms with Crippen molar-refractivity contribution in [3.8, 4) is 0 Å². The van der Waals surface area contributed by atoms with Crippen molar-refractivity contribution in [1.82, 2.24) is 0 Å². The zero-order valence-electron chi connectivity index (χ0n) is 12.8. The van der Waals surface area contributed by atoms with Crippen LogP contribution in [0.5, 0.6) is 0 Å². The van der Waals surface area contributed by atoms with Crippen LogP contribution in [0.25, 0.3) is 0 Å². The Kier molecular flexibility index (Phi) is 32.0. The molecule has 0 aliphatic heterocycles. The summed E-state index contributed by atoms with van der Waals surface area (Å²) in [7, 11) is 0. The summed E-state index contributed by atoms with van der Waals surface area (Å²) >= 11 is 0. The molecule has 138 valence electrons. The Labute approximate surface area is 201 Å². The third-order valence-corrected chi connectivity index (χ3v) is 1.11. The van der Waals surface area contributed by atoms with Gasteiger partial charge in [-0.2, -0.15) is 0 Å². The van der Waals surface area contributed by atoms with Gasteiger partial charge in [-0.05, 0) is 0 Å². The molecule has 0 saturated carbocycles. The van der Waals surface area contributed by atoms with Crippen molar-refractivity contribution in [2.75, 3.05) is 0 Å². The number of carboxylic acids is 6. The first-order chi connectivity index (χ1) is 10.9. The van der Waals surface area contributed by atoms with Crippen molar-refractivity contribution in [1.29, 1.82) is 0 Å². The molecule has 0 rings (SSSR count). The molecule has 0 amide bonds. The van der Waals surface area contributed by atoms with E-state index in [0.29, 0.717) is 36.5 Å². The molecule has 0 bridgehead atoms. The smallest absolute Gasteiger partial charge is 0.328 e. The molecule has 0 aromatic carbocycles. The van der Waals surface area contributed by atoms with Crippen LogP contribution < -0.4 is 0 Å². The van der Waals surface area contributed by atoms with Gasteiger partial charge in [-0.15, -0.1) is 0 Å². The molecule has 0 atom stereocenters. The fourth-order valence-corrected chi connectivity index (χ4v) is 0.428. The van der Waals surface area contributed by atoms with E-state index < -0.39 is 35.8 Å². The number of carbonyl (C=O) groups is 6. The average molecular weight is 626 g/mol. The van der Waals surface area contributed by atoms with Gasteiger partial charge in [-0.3, -0.25) is 0 Å². The summed E-state index contributed by atoms with van der Waals surface area (Å²) in [4.78, 5) is 57.3. The summed E-state index contributed by atoms with van der Waals surface area (Å²) in [5, 5.41) is 46.9. The van der Waals surface area contributed by atoms with Crippen LogP contribution in [0.3, 0.4) is 0 Å². The topological polar surface area (TPSA) is 224 Å². The Morgan fingerprint density at radius 1 is 0.346 bits per heavy atom. The van der Waals surface area contributed by atoms with Crippen molar-refractivity contribution in [3.05, 3.63) is 36.5 Å². The van der Waals surface area contributed by atoms with Gasteiger partial charge in [0.05, 0.1) is 0 Å². The van der Waals surface area contributed by atoms with E-state index in [9.17, 15) is 28.8 Å². The molecule has 0 spiro atoms. The molecular weight excluding hydrogens is 614 g/mol. The molecule has 0 fully saturated rings. The van der Waals surface area contributed by atoms with Crippen LogP contribution in [-0.2, 0) is 28.8 Å². The van der Waals surface area contributed by atoms with Gasteiger partial charge in [-0.25, -0.2) is 28.8 Å². The SMILES string of the molecule is O=C(O)/C=C/C(=O)O.O=C(O)/C=C/C(=O)O.O=C(O)/C=C/C(=O)O.[La].[La]. The number of carboxylic acid groups (broad SMARTS) is 6. The van der Waals surface area contributed by atoms with Crippen molar-refractivity contribution >= 4 is 35.8 Å². The van der Waals surface area contributed by atoms with E-state index in [1.165, 1.54) is 0 Å². The molecule has 2 radical (unpaired) electrons. The molecule has 0 saturated heterocycles. The van der Waals surface area contributed by atoms with Crippen LogP contribution in [0.4, 0.5) is 0 Å². The monoisotopic (exact) mass is 626 g/mol. The molecule has 0 aromatic rings. The molecule has 26 heavy (non-hydrogen) atoms. The third-order valence-electron chi connectivity index (χ3n) is 1.11. The van der Waals surface area contributed by atoms with Gasteiger partial charge in [0.15, 0.2) is 0 Å². The minimum Gasteiger partial charge on any atom is -0.478 e. The Morgan fingerprint density at radius 2 is 0.423 bits per heavy atom. The third kappa shape index (κ3) is 57.1. The normalized spacial score (nSPS) is 8.77. The van der Waals surface area contributed by atoms with Gasteiger partial charge in [0.2, 0.25) is 0 Å². The fourth-order valence-electron chi connectivity index (χ4n) is 0.428. The van der Waals surface area contributed by atoms with E-state index in [1.807, 2.05) is 0 Å². The van der Waals surface area contributed by atoms with Crippen molar-refractivity contribution in [2.24, 2.45) is 0 Å². The first-order valence-corrected chi connectivity index (χ1v) is 5.30. The Balaban J connectivity index is -0.0000000817. The summed E-state index contributed by atoms with van der Waals surface area (Å²) in [6.45, 7) is 0. The summed E-state index contributed by atoms with van der Waals surface area (Å²) in [6, 6.07) is 0. The molecule has 12 nitrogen and oxygen atoms in total. The summed E-state index contributed by atoms with van der Waals surface area (Å²) in [5.41, 5.74) is 0. The largest absolute Gasteiger partial charge is 0.478 e. The van der Waals surface area contributed by atoms with Crippen LogP contribution >= 0.6 is 0 Å². The van der Waals surface area contributed by atoms with Gasteiger partial charge in [0, 0.05) is 108 Å². The van der Waals surface area contributed by atoms with E-state index in [2.05, 4.69) is 0 Å². The number of aliphatic carboxylic acids is 6. The molecule has 0 unspecified atom stereocenters. The molecule has 0 aliphatic carbocycles. The maximum Gasteiger partial charge on any atom is 0.328 e. The zero-order valence-corrected chi connectivity index (χ0v) is 20.0. The van der Waals surface area contributed by atoms with E-state index in [4.69, 9.17) is 30.6 Å². The summed E-state index contributed by atoms with van der Waals surface area (Å²) in [6.07, 6.45) is 3.35. The van der Waals surface area contributed by atoms with Gasteiger partial charge >= 0.3 is 35.8 Å². The standard InChI is InChI=1S/3C4H4O4.2La/c3*5-3(6)1-2-4(7)8;;/h3*1-2H,(H,5,6)(H,7,8);;/b3*2-1+;;. The molecule has 6 N–H and O–H groups in total. The number of hydrogen-bond donors (Lipinski definition) is 6. The Morgan fingerprint density at radius 3 is 0.462 bits per heavy atom. The molecule has 0 aliphatic rings. The molecule has 0 heterocycles. The first-order valence-electron chi connectivity index (χ1n) is 5.30. The van der Waals surface area contributed by atoms with Crippen LogP contribution in [0.1, 0.15) is 0 Å². The van der Waals surface area contributed by atoms with E-state index >= 15 is 0 Å². The van der Waals surface area contributed by atoms with Gasteiger partial charge < -0.3 is 30.6 Å². The van der Waals surface area contributed by atoms with E-state index in [1.54, 1.807) is 0 Å². The van der Waals surface area contributed by atoms with Crippen LogP contribution in [-0.4, -0.2) is 66.5 Å². The summed E-state index contributed by atoms with van der Waals surface area (Å²) in [5.74, 6) is -7.54. The minimum atomic E-state index is -1.26. The van der Waals surface area contributed by atoms with Gasteiger partial charge in [-0.1, -0.05) is 0 Å². The fraction of sp³-hybridized carbons (Fsp3) is 0. The van der Waals surface area contributed by atoms with Crippen molar-refractivity contribution in [2.45, 2.75) is 0 Å². The molecular formula is C12H12La2O12. The quantitative estimate of drug-likeness (QED) is 0.198. The second kappa shape index (κ2) is 23.4. The zero-order chi connectivity index (χ0) is 19.7. The van der Waals surface area contributed by atoms with Gasteiger partial charge in [0.25, 0.3) is 0 Å². The second-order valence-corrected chi connectivity index (χ2v) is 3.03. The summed E-state index contributed by atoms with van der Waals surface area (Å²) < 4.78 is 0. The predicted molar refractivity (Wildman–Crippen MR) is 73.2 cm³/mol. The van der Waals surface area contributed by atoms with Gasteiger partial charge in [0.1, 0.15) is 0 Å². The number of rotatable bonds is 6. The minimum absolute atomic E-state index is 0. The van der Waals surface area contributed by atoms with Crippen LogP contribution in [0, 0.1) is 71.2 Å². The molecule has 14 heteroatoms. The Hall–Kier alpha value is -1.57. The van der Waals surface area contributed by atoms with Crippen LogP contribution in [0.2, 0.25) is 0 Å². The maximum atomic E-state index is 9.55. The predicted octanol–water partition coefficient (Wildman–Crippen LogP) is -0.865. The molecule has 0 aromatic heterocycles. The Bertz CT molecular complexity index is 448. The average Bonchev–Trinajstić information content (AvgIpc) is 2.42. The number of hydrogen-bond acceptors (Lipinski definition) is 6. The van der Waals surface area contributed by atoms with Crippen LogP contribution in [0.15, 0.2) is 36.5 Å². The maximum absolute atomic E-state index is 9.55. The second-order valence-electron chi connectivity index (χ2n) is 3.03. The van der Waals surface area contributed by atoms with Crippen molar-refractivity contribution in [3.63, 3.8) is 0 Å². The van der Waals surface area contributed by atoms with E-state index in [-0.39, 0.29) is 71.2 Å². The first kappa shape index (κ1) is 35.5.